The van der Waals surface area contributed by atoms with Crippen molar-refractivity contribution in [1.29, 1.82) is 0 Å². The Morgan fingerprint density at radius 2 is 1.67 bits per heavy atom. The number of aromatic nitrogens is 4. The van der Waals surface area contributed by atoms with Gasteiger partial charge in [-0.15, -0.1) is 0 Å². The van der Waals surface area contributed by atoms with Gasteiger partial charge in [0.15, 0.2) is 5.82 Å². The maximum Gasteiger partial charge on any atom is 0.274 e. The van der Waals surface area contributed by atoms with Crippen molar-refractivity contribution < 1.29 is 4.79 Å². The van der Waals surface area contributed by atoms with E-state index in [1.165, 1.54) is 0 Å². The van der Waals surface area contributed by atoms with E-state index in [0.717, 1.165) is 16.8 Å². The smallest absolute Gasteiger partial charge is 0.274 e. The first-order chi connectivity index (χ1) is 17.2. The maximum atomic E-state index is 13.0. The highest BCUT2D eigenvalue weighted by Crippen LogP contribution is 2.20. The van der Waals surface area contributed by atoms with Crippen LogP contribution in [0.5, 0.6) is 0 Å². The molecule has 2 heterocycles. The van der Waals surface area contributed by atoms with Gasteiger partial charge < -0.3 is 10.6 Å². The molecule has 9 heteroatoms. The third-order valence-electron chi connectivity index (χ3n) is 6.47. The van der Waals surface area contributed by atoms with Gasteiger partial charge in [0.2, 0.25) is 5.91 Å². The Morgan fingerprint density at radius 1 is 1.00 bits per heavy atom. The largest absolute Gasteiger partial charge is 0.368 e. The van der Waals surface area contributed by atoms with E-state index in [1.54, 1.807) is 10.7 Å². The summed E-state index contributed by atoms with van der Waals surface area (Å²) in [5.41, 5.74) is 1.68. The zero-order chi connectivity index (χ0) is 25.9. The van der Waals surface area contributed by atoms with Crippen LogP contribution < -0.4 is 21.8 Å². The van der Waals surface area contributed by atoms with Gasteiger partial charge in [-0.2, -0.15) is 5.10 Å². The van der Waals surface area contributed by atoms with Crippen molar-refractivity contribution in [2.75, 3.05) is 18.4 Å². The summed E-state index contributed by atoms with van der Waals surface area (Å²) in [4.78, 5) is 37.7. The molecule has 0 spiro atoms. The van der Waals surface area contributed by atoms with Crippen molar-refractivity contribution >= 4 is 22.5 Å². The van der Waals surface area contributed by atoms with Crippen LogP contribution in [0.25, 0.3) is 16.5 Å². The number of fused-ring (bicyclic) bond motifs is 1. The minimum Gasteiger partial charge on any atom is -0.368 e. The van der Waals surface area contributed by atoms with Crippen LogP contribution in [0.3, 0.4) is 0 Å². The second-order valence-corrected chi connectivity index (χ2v) is 9.78. The average Bonchev–Trinajstić information content (AvgIpc) is 3.09. The molecule has 36 heavy (non-hydrogen) atoms. The minimum absolute atomic E-state index is 0.0980. The van der Waals surface area contributed by atoms with Gasteiger partial charge in [-0.05, 0) is 37.0 Å². The number of hydrogen-bond acceptors (Lipinski definition) is 5. The van der Waals surface area contributed by atoms with Gasteiger partial charge in [0.25, 0.3) is 11.1 Å². The molecule has 2 aromatic carbocycles. The Kier molecular flexibility index (Phi) is 7.10. The van der Waals surface area contributed by atoms with Gasteiger partial charge in [-0.1, -0.05) is 50.2 Å². The molecule has 3 N–H and O–H groups in total. The van der Waals surface area contributed by atoms with Gasteiger partial charge in [0.1, 0.15) is 0 Å². The summed E-state index contributed by atoms with van der Waals surface area (Å²) in [5, 5.41) is 14.3. The highest BCUT2D eigenvalue weighted by molar-refractivity contribution is 5.90. The van der Waals surface area contributed by atoms with Crippen LogP contribution in [0.15, 0.2) is 64.2 Å². The van der Waals surface area contributed by atoms with Crippen molar-refractivity contribution in [3.8, 4) is 5.69 Å². The van der Waals surface area contributed by atoms with Crippen LogP contribution in [-0.2, 0) is 18.3 Å². The Labute approximate surface area is 209 Å². The lowest BCUT2D eigenvalue weighted by Gasteiger charge is -2.25. The van der Waals surface area contributed by atoms with Crippen LogP contribution in [0.2, 0.25) is 0 Å². The number of carbonyl (C=O) groups excluding carboxylic acids is 1. The van der Waals surface area contributed by atoms with Crippen LogP contribution in [0, 0.1) is 12.3 Å². The number of aromatic amines is 1. The summed E-state index contributed by atoms with van der Waals surface area (Å²) in [6.45, 7) is 6.96. The van der Waals surface area contributed by atoms with Crippen LogP contribution in [0.4, 0.5) is 5.82 Å². The van der Waals surface area contributed by atoms with Crippen molar-refractivity contribution in [3.05, 3.63) is 86.6 Å². The molecule has 4 rings (SSSR count). The van der Waals surface area contributed by atoms with E-state index in [4.69, 9.17) is 0 Å². The first kappa shape index (κ1) is 25.0. The molecule has 1 amide bonds. The van der Waals surface area contributed by atoms with E-state index < -0.39 is 0 Å². The molecule has 0 unspecified atom stereocenters. The Bertz CT molecular complexity index is 1500. The number of anilines is 1. The fraction of sp³-hybridized carbons (Fsp3) is 0.333. The van der Waals surface area contributed by atoms with Crippen LogP contribution in [0.1, 0.15) is 31.5 Å². The molecule has 0 radical (unpaired) electrons. The fourth-order valence-corrected chi connectivity index (χ4v) is 4.21. The predicted octanol–water partition coefficient (Wildman–Crippen LogP) is 2.91. The van der Waals surface area contributed by atoms with Crippen molar-refractivity contribution in [2.24, 2.45) is 12.5 Å². The second kappa shape index (κ2) is 10.2. The number of para-hydroxylation sites is 1. The summed E-state index contributed by atoms with van der Waals surface area (Å²) >= 11 is 0. The Morgan fingerprint density at radius 3 is 2.39 bits per heavy atom. The highest BCUT2D eigenvalue weighted by atomic mass is 16.2. The fourth-order valence-electron chi connectivity index (χ4n) is 4.21. The van der Waals surface area contributed by atoms with Crippen LogP contribution in [-0.4, -0.2) is 38.6 Å². The topological polar surface area (TPSA) is 114 Å². The molecule has 2 aromatic heterocycles. The lowest BCUT2D eigenvalue weighted by atomic mass is 9.93. The summed E-state index contributed by atoms with van der Waals surface area (Å²) in [6, 6.07) is 16.8. The zero-order valence-electron chi connectivity index (χ0n) is 21.1. The molecule has 0 saturated carbocycles. The number of rotatable bonds is 9. The maximum absolute atomic E-state index is 13.0. The minimum atomic E-state index is -0.280. The highest BCUT2D eigenvalue weighted by Gasteiger charge is 2.21. The molecule has 0 saturated heterocycles. The lowest BCUT2D eigenvalue weighted by Crippen LogP contribution is -2.38. The quantitative estimate of drug-likeness (QED) is 0.335. The molecule has 9 nitrogen and oxygen atoms in total. The van der Waals surface area contributed by atoms with Gasteiger partial charge >= 0.3 is 0 Å². The van der Waals surface area contributed by atoms with E-state index in [1.807, 2.05) is 81.0 Å². The summed E-state index contributed by atoms with van der Waals surface area (Å²) < 4.78 is 3.46. The lowest BCUT2D eigenvalue weighted by molar-refractivity contribution is -0.121. The summed E-state index contributed by atoms with van der Waals surface area (Å²) in [5.74, 6) is 0.489. The van der Waals surface area contributed by atoms with Crippen LogP contribution >= 0.6 is 0 Å². The molecule has 0 fully saturated rings. The van der Waals surface area contributed by atoms with Crippen molar-refractivity contribution in [2.45, 2.75) is 33.6 Å². The van der Waals surface area contributed by atoms with Gasteiger partial charge in [0, 0.05) is 43.2 Å². The number of nitrogens with one attached hydrogen (secondary N) is 3. The monoisotopic (exact) mass is 488 g/mol. The zero-order valence-corrected chi connectivity index (χ0v) is 21.1. The van der Waals surface area contributed by atoms with Crippen molar-refractivity contribution in [1.82, 2.24) is 24.9 Å². The number of H-pyrrole nitrogens is 1. The van der Waals surface area contributed by atoms with E-state index in [9.17, 15) is 14.4 Å². The summed E-state index contributed by atoms with van der Waals surface area (Å²) in [6.07, 6.45) is 0.598. The molecule has 4 aromatic rings. The Hall–Kier alpha value is -4.14. The van der Waals surface area contributed by atoms with Crippen molar-refractivity contribution in [3.63, 3.8) is 0 Å². The SMILES string of the molecule is Cc1c(CCC(=O)NCC(C)(C)CNc2n[nH]c(=O)c3ccccc23)c(=O)n(-c2ccccc2)n1C. The molecule has 0 aliphatic rings. The number of hydrogen-bond donors (Lipinski definition) is 3. The number of benzene rings is 2. The number of nitrogens with zero attached hydrogens (tertiary/aromatic N) is 3. The molecule has 0 bridgehead atoms. The number of carbonyl (C=O) groups is 1. The average molecular weight is 489 g/mol. The summed E-state index contributed by atoms with van der Waals surface area (Å²) in [7, 11) is 1.85. The van der Waals surface area contributed by atoms with E-state index >= 15 is 0 Å². The standard InChI is InChI=1S/C27H32N6O3/c1-18-20(26(36)33(32(18)4)19-10-6-5-7-11-19)14-15-23(34)28-16-27(2,3)17-29-24-21-12-8-9-13-22(21)25(35)31-30-24/h5-13H,14-17H2,1-4H3,(H,28,34)(H,29,30)(H,31,35). The molecule has 0 aliphatic heterocycles. The molecular formula is C27H32N6O3. The van der Waals surface area contributed by atoms with Gasteiger partial charge in [0.05, 0.1) is 11.1 Å². The predicted molar refractivity (Wildman–Crippen MR) is 142 cm³/mol. The Balaban J connectivity index is 1.34. The third-order valence-corrected chi connectivity index (χ3v) is 6.47. The number of amides is 1. The van der Waals surface area contributed by atoms with E-state index in [0.29, 0.717) is 36.3 Å². The first-order valence-electron chi connectivity index (χ1n) is 12.0. The molecule has 0 aliphatic carbocycles. The van der Waals surface area contributed by atoms with E-state index in [-0.39, 0.29) is 28.9 Å². The van der Waals surface area contributed by atoms with Gasteiger partial charge in [-0.3, -0.25) is 19.1 Å². The second-order valence-electron chi connectivity index (χ2n) is 9.78. The third kappa shape index (κ3) is 5.25. The first-order valence-corrected chi connectivity index (χ1v) is 12.0. The van der Waals surface area contributed by atoms with E-state index in [2.05, 4.69) is 20.8 Å². The van der Waals surface area contributed by atoms with Gasteiger partial charge in [-0.25, -0.2) is 9.78 Å². The molecular weight excluding hydrogens is 456 g/mol. The molecule has 188 valence electrons. The molecule has 0 atom stereocenters. The normalized spacial score (nSPS) is 11.6.